The monoisotopic (exact) mass is 724 g/mol. The van der Waals surface area contributed by atoms with Gasteiger partial charge in [-0.1, -0.05) is 36.4 Å². The van der Waals surface area contributed by atoms with Crippen molar-refractivity contribution in [3.8, 4) is 56.3 Å². The van der Waals surface area contributed by atoms with E-state index in [1.54, 1.807) is 14.2 Å². The lowest BCUT2D eigenvalue weighted by atomic mass is 9.84. The molecule has 0 saturated carbocycles. The van der Waals surface area contributed by atoms with Crippen LogP contribution in [0.5, 0.6) is 11.5 Å². The molecule has 0 fully saturated rings. The Morgan fingerprint density at radius 2 is 0.821 bits per heavy atom. The van der Waals surface area contributed by atoms with Gasteiger partial charge in [0.1, 0.15) is 11.5 Å². The minimum absolute atomic E-state index is 0.851. The maximum atomic E-state index is 5.58. The number of hydrogen-bond donors (Lipinski definition) is 0. The zero-order valence-electron chi connectivity index (χ0n) is 31.0. The van der Waals surface area contributed by atoms with Gasteiger partial charge in [0, 0.05) is 57.7 Å². The van der Waals surface area contributed by atoms with E-state index in [2.05, 4.69) is 140 Å². The lowest BCUT2D eigenvalue weighted by molar-refractivity contribution is 0.415. The van der Waals surface area contributed by atoms with Gasteiger partial charge in [-0.25, -0.2) is 0 Å². The van der Waals surface area contributed by atoms with Crippen LogP contribution in [0.15, 0.2) is 158 Å². The summed E-state index contributed by atoms with van der Waals surface area (Å²) in [5, 5.41) is 4.96. The maximum Gasteiger partial charge on any atom is 0.119 e. The Labute approximate surface area is 323 Å². The molecule has 6 aromatic carbocycles. The Morgan fingerprint density at radius 3 is 1.25 bits per heavy atom. The molecule has 6 heteroatoms. The minimum Gasteiger partial charge on any atom is -0.497 e. The molecule has 0 saturated heterocycles. The van der Waals surface area contributed by atoms with E-state index in [0.717, 1.165) is 58.0 Å². The number of nitrogens with zero attached hydrogens (tertiary/aromatic N) is 4. The molecule has 0 bridgehead atoms. The quantitative estimate of drug-likeness (QED) is 0.171. The van der Waals surface area contributed by atoms with E-state index in [-0.39, 0.29) is 0 Å². The molecule has 0 radical (unpaired) electrons. The largest absolute Gasteiger partial charge is 0.497 e. The van der Waals surface area contributed by atoms with Crippen LogP contribution in [0.1, 0.15) is 11.1 Å². The van der Waals surface area contributed by atoms with Gasteiger partial charge in [-0.3, -0.25) is 9.97 Å². The number of fused-ring (bicyclic) bond motifs is 9. The molecule has 0 atom stereocenters. The van der Waals surface area contributed by atoms with E-state index in [4.69, 9.17) is 9.47 Å². The lowest BCUT2D eigenvalue weighted by Crippen LogP contribution is -2.05. The molecule has 0 unspecified atom stereocenters. The SMILES string of the molecule is COc1cccc(-c2ccc3c(c2)c2cc4c(cc2n3-c2ccncc2)-c2cc3c(cc2CC4)c2cc(-c4cccc(OC)c4)ccc2n3-c2ccncc2)c1. The number of hydrogen-bond acceptors (Lipinski definition) is 4. The summed E-state index contributed by atoms with van der Waals surface area (Å²) in [5.41, 5.74) is 16.8. The molecule has 0 spiro atoms. The molecule has 10 aromatic rings. The fourth-order valence-corrected chi connectivity index (χ4v) is 8.91. The van der Waals surface area contributed by atoms with Crippen molar-refractivity contribution in [1.82, 2.24) is 19.1 Å². The zero-order chi connectivity index (χ0) is 37.3. The van der Waals surface area contributed by atoms with E-state index < -0.39 is 0 Å². The van der Waals surface area contributed by atoms with Crippen molar-refractivity contribution in [1.29, 1.82) is 0 Å². The second kappa shape index (κ2) is 12.7. The van der Waals surface area contributed by atoms with Gasteiger partial charge in [-0.05, 0) is 154 Å². The van der Waals surface area contributed by atoms with Crippen molar-refractivity contribution in [3.63, 3.8) is 0 Å². The van der Waals surface area contributed by atoms with Crippen LogP contribution in [-0.2, 0) is 12.8 Å². The molecular formula is C50H36N4O2. The first kappa shape index (κ1) is 32.3. The molecule has 56 heavy (non-hydrogen) atoms. The smallest absolute Gasteiger partial charge is 0.119 e. The van der Waals surface area contributed by atoms with Crippen molar-refractivity contribution >= 4 is 43.6 Å². The molecule has 11 rings (SSSR count). The third kappa shape index (κ3) is 5.03. The topological polar surface area (TPSA) is 54.1 Å². The second-order valence-corrected chi connectivity index (χ2v) is 14.6. The molecule has 1 aliphatic carbocycles. The van der Waals surface area contributed by atoms with Crippen LogP contribution in [0.2, 0.25) is 0 Å². The summed E-state index contributed by atoms with van der Waals surface area (Å²) in [7, 11) is 3.44. The van der Waals surface area contributed by atoms with Crippen LogP contribution in [0.4, 0.5) is 0 Å². The third-order valence-electron chi connectivity index (χ3n) is 11.6. The van der Waals surface area contributed by atoms with Gasteiger partial charge in [0.2, 0.25) is 0 Å². The summed E-state index contributed by atoms with van der Waals surface area (Å²) in [6.07, 6.45) is 9.44. The molecule has 268 valence electrons. The van der Waals surface area contributed by atoms with Crippen LogP contribution in [0, 0.1) is 0 Å². The van der Waals surface area contributed by atoms with E-state index in [0.29, 0.717) is 0 Å². The van der Waals surface area contributed by atoms with Gasteiger partial charge in [0.05, 0.1) is 36.3 Å². The summed E-state index contributed by atoms with van der Waals surface area (Å²) < 4.78 is 15.9. The van der Waals surface area contributed by atoms with Crippen LogP contribution >= 0.6 is 0 Å². The standard InChI is InChI=1S/C50H36N4O2/c1-55-39-7-3-5-31(23-39)33-11-13-47-43(25-33)45-27-35-9-10-36-28-46-44-26-34(32-6-4-8-40(24-32)56-2)12-14-48(44)54(38-17-21-52-22-18-38)50(46)30-42(36)41(35)29-49(45)53(47)37-15-19-51-20-16-37/h3-8,11-30H,9-10H2,1-2H3. The van der Waals surface area contributed by atoms with Gasteiger partial charge in [0.25, 0.3) is 0 Å². The van der Waals surface area contributed by atoms with Crippen LogP contribution < -0.4 is 9.47 Å². The van der Waals surface area contributed by atoms with Gasteiger partial charge in [-0.15, -0.1) is 0 Å². The van der Waals surface area contributed by atoms with E-state index in [1.807, 2.05) is 36.9 Å². The Morgan fingerprint density at radius 1 is 0.411 bits per heavy atom. The highest BCUT2D eigenvalue weighted by atomic mass is 16.5. The predicted octanol–water partition coefficient (Wildman–Crippen LogP) is 11.8. The molecule has 4 heterocycles. The van der Waals surface area contributed by atoms with Crippen molar-refractivity contribution in [2.24, 2.45) is 0 Å². The van der Waals surface area contributed by atoms with E-state index in [9.17, 15) is 0 Å². The number of benzene rings is 6. The van der Waals surface area contributed by atoms with E-state index in [1.165, 1.54) is 65.9 Å². The maximum absolute atomic E-state index is 5.58. The van der Waals surface area contributed by atoms with Crippen LogP contribution in [0.25, 0.3) is 88.4 Å². The van der Waals surface area contributed by atoms with Crippen molar-refractivity contribution in [3.05, 3.63) is 169 Å². The number of pyridine rings is 2. The first-order chi connectivity index (χ1) is 27.6. The van der Waals surface area contributed by atoms with Crippen LogP contribution in [0.3, 0.4) is 0 Å². The highest BCUT2D eigenvalue weighted by Crippen LogP contribution is 2.45. The average Bonchev–Trinajstić information content (AvgIpc) is 3.76. The Kier molecular flexibility index (Phi) is 7.32. The predicted molar refractivity (Wildman–Crippen MR) is 228 cm³/mol. The number of aromatic nitrogens is 4. The Balaban J connectivity index is 1.15. The zero-order valence-corrected chi connectivity index (χ0v) is 31.0. The summed E-state index contributed by atoms with van der Waals surface area (Å²) in [5.74, 6) is 1.70. The highest BCUT2D eigenvalue weighted by molar-refractivity contribution is 6.14. The van der Waals surface area contributed by atoms with Gasteiger partial charge >= 0.3 is 0 Å². The molecular weight excluding hydrogens is 689 g/mol. The molecule has 4 aromatic heterocycles. The summed E-state index contributed by atoms with van der Waals surface area (Å²) in [4.78, 5) is 8.72. The summed E-state index contributed by atoms with van der Waals surface area (Å²) in [6.45, 7) is 0. The Bertz CT molecular complexity index is 2950. The average molecular weight is 725 g/mol. The first-order valence-corrected chi connectivity index (χ1v) is 19.0. The van der Waals surface area contributed by atoms with Crippen molar-refractivity contribution in [2.45, 2.75) is 12.8 Å². The second-order valence-electron chi connectivity index (χ2n) is 14.6. The number of methoxy groups -OCH3 is 2. The number of rotatable bonds is 6. The van der Waals surface area contributed by atoms with Gasteiger partial charge < -0.3 is 18.6 Å². The molecule has 0 N–H and O–H groups in total. The fraction of sp³-hybridized carbons (Fsp3) is 0.0800. The normalized spacial score (nSPS) is 12.3. The molecule has 6 nitrogen and oxygen atoms in total. The Hall–Kier alpha value is -7.18. The number of aryl methyl sites for hydroxylation is 2. The summed E-state index contributed by atoms with van der Waals surface area (Å²) >= 11 is 0. The molecule has 1 aliphatic rings. The van der Waals surface area contributed by atoms with Gasteiger partial charge in [-0.2, -0.15) is 0 Å². The molecule has 0 aliphatic heterocycles. The first-order valence-electron chi connectivity index (χ1n) is 19.0. The fourth-order valence-electron chi connectivity index (χ4n) is 8.91. The number of ether oxygens (including phenoxy) is 2. The van der Waals surface area contributed by atoms with E-state index >= 15 is 0 Å². The van der Waals surface area contributed by atoms with Crippen molar-refractivity contribution < 1.29 is 9.47 Å². The summed E-state index contributed by atoms with van der Waals surface area (Å²) in [6, 6.07) is 48.4. The van der Waals surface area contributed by atoms with Gasteiger partial charge in [0.15, 0.2) is 0 Å². The minimum atomic E-state index is 0.851. The van der Waals surface area contributed by atoms with Crippen molar-refractivity contribution in [2.75, 3.05) is 14.2 Å². The third-order valence-corrected chi connectivity index (χ3v) is 11.6. The highest BCUT2D eigenvalue weighted by Gasteiger charge is 2.24. The molecule has 0 amide bonds. The lowest BCUT2D eigenvalue weighted by Gasteiger charge is -2.21. The van der Waals surface area contributed by atoms with Crippen LogP contribution in [-0.4, -0.2) is 33.3 Å².